The van der Waals surface area contributed by atoms with Gasteiger partial charge in [0.25, 0.3) is 5.91 Å². The Labute approximate surface area is 220 Å². The number of aromatic nitrogens is 2. The molecule has 2 atom stereocenters. The van der Waals surface area contributed by atoms with Crippen LogP contribution < -0.4 is 10.6 Å². The smallest absolute Gasteiger partial charge is 0.305 e. The van der Waals surface area contributed by atoms with Gasteiger partial charge in [0, 0.05) is 41.5 Å². The van der Waals surface area contributed by atoms with E-state index in [9.17, 15) is 14.4 Å². The number of carbonyl (C=O) groups excluding carboxylic acids is 2. The summed E-state index contributed by atoms with van der Waals surface area (Å²) in [5.74, 6) is -1.28. The van der Waals surface area contributed by atoms with Crippen molar-refractivity contribution in [2.24, 2.45) is 0 Å². The Morgan fingerprint density at radius 3 is 1.97 bits per heavy atom. The van der Waals surface area contributed by atoms with E-state index in [1.54, 1.807) is 49.6 Å². The Morgan fingerprint density at radius 2 is 1.37 bits per heavy atom. The standard InChI is InChI=1S/C30H28N4O4/c1-20(16-27(35)36)33-30(38)26(34-29(37)24-10-6-3-7-11-24)17-21-12-14-23(15-13-21)28-31-18-25(19-32-28)22-8-4-2-5-9-22/h2-15,18-20,26H,16-17H2,1H3,(H,33,38)(H,34,37)(H,35,36). The van der Waals surface area contributed by atoms with Crippen LogP contribution in [0.5, 0.6) is 0 Å². The van der Waals surface area contributed by atoms with E-state index in [0.29, 0.717) is 11.4 Å². The minimum absolute atomic E-state index is 0.219. The van der Waals surface area contributed by atoms with Gasteiger partial charge in [-0.25, -0.2) is 9.97 Å². The fourth-order valence-corrected chi connectivity index (χ4v) is 3.98. The number of benzene rings is 3. The summed E-state index contributed by atoms with van der Waals surface area (Å²) in [4.78, 5) is 45.8. The molecule has 4 rings (SSSR count). The average Bonchev–Trinajstić information content (AvgIpc) is 2.93. The van der Waals surface area contributed by atoms with Crippen LogP contribution in [0.2, 0.25) is 0 Å². The van der Waals surface area contributed by atoms with Crippen molar-refractivity contribution in [2.45, 2.75) is 31.8 Å². The molecule has 3 aromatic carbocycles. The molecule has 192 valence electrons. The van der Waals surface area contributed by atoms with Gasteiger partial charge in [-0.1, -0.05) is 72.8 Å². The van der Waals surface area contributed by atoms with Crippen LogP contribution in [-0.4, -0.2) is 44.9 Å². The lowest BCUT2D eigenvalue weighted by Crippen LogP contribution is -2.50. The maximum absolute atomic E-state index is 13.0. The number of carbonyl (C=O) groups is 3. The molecule has 0 aliphatic heterocycles. The topological polar surface area (TPSA) is 121 Å². The molecule has 4 aromatic rings. The van der Waals surface area contributed by atoms with Crippen LogP contribution in [-0.2, 0) is 16.0 Å². The van der Waals surface area contributed by atoms with E-state index >= 15 is 0 Å². The zero-order chi connectivity index (χ0) is 26.9. The molecule has 2 amide bonds. The Kier molecular flexibility index (Phi) is 8.56. The number of nitrogens with one attached hydrogen (secondary N) is 2. The van der Waals surface area contributed by atoms with Crippen LogP contribution in [0.25, 0.3) is 22.5 Å². The number of rotatable bonds is 10. The molecular formula is C30H28N4O4. The van der Waals surface area contributed by atoms with Gasteiger partial charge in [-0.15, -0.1) is 0 Å². The first-order valence-electron chi connectivity index (χ1n) is 12.2. The molecule has 0 saturated carbocycles. The van der Waals surface area contributed by atoms with Crippen molar-refractivity contribution in [3.05, 3.63) is 108 Å². The van der Waals surface area contributed by atoms with E-state index in [-0.39, 0.29) is 18.7 Å². The minimum atomic E-state index is -1.02. The SMILES string of the molecule is CC(CC(=O)O)NC(=O)C(Cc1ccc(-c2ncc(-c3ccccc3)cn2)cc1)NC(=O)c1ccccc1. The van der Waals surface area contributed by atoms with Gasteiger partial charge in [-0.2, -0.15) is 0 Å². The van der Waals surface area contributed by atoms with Crippen molar-refractivity contribution >= 4 is 17.8 Å². The Bertz CT molecular complexity index is 1380. The lowest BCUT2D eigenvalue weighted by molar-refractivity contribution is -0.137. The van der Waals surface area contributed by atoms with E-state index in [1.165, 1.54) is 0 Å². The highest BCUT2D eigenvalue weighted by molar-refractivity contribution is 5.97. The maximum Gasteiger partial charge on any atom is 0.305 e. The van der Waals surface area contributed by atoms with E-state index in [1.807, 2.05) is 54.6 Å². The van der Waals surface area contributed by atoms with E-state index in [0.717, 1.165) is 22.3 Å². The van der Waals surface area contributed by atoms with E-state index in [2.05, 4.69) is 20.6 Å². The molecular weight excluding hydrogens is 480 g/mol. The van der Waals surface area contributed by atoms with Crippen LogP contribution in [0.15, 0.2) is 97.3 Å². The van der Waals surface area contributed by atoms with Gasteiger partial charge >= 0.3 is 5.97 Å². The van der Waals surface area contributed by atoms with Crippen LogP contribution >= 0.6 is 0 Å². The quantitative estimate of drug-likeness (QED) is 0.296. The molecule has 1 heterocycles. The Morgan fingerprint density at radius 1 is 0.763 bits per heavy atom. The third-order valence-corrected chi connectivity index (χ3v) is 5.94. The molecule has 0 aliphatic rings. The summed E-state index contributed by atoms with van der Waals surface area (Å²) >= 11 is 0. The first-order valence-corrected chi connectivity index (χ1v) is 12.2. The minimum Gasteiger partial charge on any atom is -0.481 e. The second-order valence-corrected chi connectivity index (χ2v) is 8.96. The molecule has 2 unspecified atom stereocenters. The van der Waals surface area contributed by atoms with E-state index in [4.69, 9.17) is 5.11 Å². The molecule has 0 fully saturated rings. The van der Waals surface area contributed by atoms with Crippen molar-refractivity contribution in [3.63, 3.8) is 0 Å². The zero-order valence-electron chi connectivity index (χ0n) is 20.9. The molecule has 0 bridgehead atoms. The first-order chi connectivity index (χ1) is 18.4. The number of amides is 2. The molecule has 8 nitrogen and oxygen atoms in total. The van der Waals surface area contributed by atoms with Crippen LogP contribution in [0.3, 0.4) is 0 Å². The fourth-order valence-electron chi connectivity index (χ4n) is 3.98. The van der Waals surface area contributed by atoms with Gasteiger partial charge in [-0.05, 0) is 30.2 Å². The number of aliphatic carboxylic acids is 1. The molecule has 38 heavy (non-hydrogen) atoms. The molecule has 0 saturated heterocycles. The molecule has 8 heteroatoms. The average molecular weight is 509 g/mol. The number of carboxylic acid groups (broad SMARTS) is 1. The fraction of sp³-hybridized carbons (Fsp3) is 0.167. The lowest BCUT2D eigenvalue weighted by Gasteiger charge is -2.21. The van der Waals surface area contributed by atoms with Gasteiger partial charge in [0.15, 0.2) is 5.82 Å². The Balaban J connectivity index is 1.48. The second-order valence-electron chi connectivity index (χ2n) is 8.96. The molecule has 3 N–H and O–H groups in total. The first kappa shape index (κ1) is 26.2. The lowest BCUT2D eigenvalue weighted by atomic mass is 10.0. The second kappa shape index (κ2) is 12.4. The molecule has 0 radical (unpaired) electrons. The Hall–Kier alpha value is -4.85. The third kappa shape index (κ3) is 7.10. The number of hydrogen-bond acceptors (Lipinski definition) is 5. The van der Waals surface area contributed by atoms with Crippen LogP contribution in [0.1, 0.15) is 29.3 Å². The van der Waals surface area contributed by atoms with Crippen LogP contribution in [0, 0.1) is 0 Å². The highest BCUT2D eigenvalue weighted by Gasteiger charge is 2.24. The normalized spacial score (nSPS) is 12.2. The predicted molar refractivity (Wildman–Crippen MR) is 144 cm³/mol. The summed E-state index contributed by atoms with van der Waals surface area (Å²) in [5.41, 5.74) is 4.02. The number of hydrogen-bond donors (Lipinski definition) is 3. The summed E-state index contributed by atoms with van der Waals surface area (Å²) in [5, 5.41) is 14.5. The van der Waals surface area contributed by atoms with Crippen molar-refractivity contribution < 1.29 is 19.5 Å². The highest BCUT2D eigenvalue weighted by atomic mass is 16.4. The number of nitrogens with zero attached hydrogens (tertiary/aromatic N) is 2. The highest BCUT2D eigenvalue weighted by Crippen LogP contribution is 2.21. The zero-order valence-corrected chi connectivity index (χ0v) is 20.9. The maximum atomic E-state index is 13.0. The van der Waals surface area contributed by atoms with Gasteiger partial charge in [-0.3, -0.25) is 14.4 Å². The summed E-state index contributed by atoms with van der Waals surface area (Å²) < 4.78 is 0. The molecule has 0 spiro atoms. The molecule has 1 aromatic heterocycles. The van der Waals surface area contributed by atoms with Crippen molar-refractivity contribution in [2.75, 3.05) is 0 Å². The summed E-state index contributed by atoms with van der Waals surface area (Å²) in [6.45, 7) is 1.61. The van der Waals surface area contributed by atoms with Gasteiger partial charge in [0.2, 0.25) is 5.91 Å². The van der Waals surface area contributed by atoms with Crippen LogP contribution in [0.4, 0.5) is 0 Å². The van der Waals surface area contributed by atoms with Gasteiger partial charge in [0.05, 0.1) is 6.42 Å². The molecule has 0 aliphatic carbocycles. The van der Waals surface area contributed by atoms with Crippen molar-refractivity contribution in [1.29, 1.82) is 0 Å². The predicted octanol–water partition coefficient (Wildman–Crippen LogP) is 4.13. The van der Waals surface area contributed by atoms with Gasteiger partial charge in [0.1, 0.15) is 6.04 Å². The monoisotopic (exact) mass is 508 g/mol. The third-order valence-electron chi connectivity index (χ3n) is 5.94. The van der Waals surface area contributed by atoms with Gasteiger partial charge < -0.3 is 15.7 Å². The summed E-state index contributed by atoms with van der Waals surface area (Å²) in [6.07, 6.45) is 3.56. The summed E-state index contributed by atoms with van der Waals surface area (Å²) in [7, 11) is 0. The van der Waals surface area contributed by atoms with Crippen molar-refractivity contribution in [1.82, 2.24) is 20.6 Å². The van der Waals surface area contributed by atoms with E-state index < -0.39 is 24.0 Å². The number of carboxylic acids is 1. The van der Waals surface area contributed by atoms with Crippen molar-refractivity contribution in [3.8, 4) is 22.5 Å². The largest absolute Gasteiger partial charge is 0.481 e. The summed E-state index contributed by atoms with van der Waals surface area (Å²) in [6, 6.07) is 24.5.